The second kappa shape index (κ2) is 4.80. The standard InChI is InChI=1S/C18H25NO5/c1-10-7-15(22-16(10)21)13-4-6-18-17(8-14(20)11(2)23-17)5-3-12(24-18)9-19(13)18/h10-13,15H,3-9H2,1-2H3. The molecule has 7 atom stereocenters. The van der Waals surface area contributed by atoms with Gasteiger partial charge in [-0.15, -0.1) is 0 Å². The molecule has 2 spiro atoms. The van der Waals surface area contributed by atoms with Crippen LogP contribution < -0.4 is 0 Å². The van der Waals surface area contributed by atoms with E-state index in [0.717, 1.165) is 38.6 Å². The number of ether oxygens (including phenoxy) is 3. The number of rotatable bonds is 1. The van der Waals surface area contributed by atoms with E-state index >= 15 is 0 Å². The first kappa shape index (κ1) is 15.3. The Morgan fingerprint density at radius 1 is 1.12 bits per heavy atom. The van der Waals surface area contributed by atoms with Gasteiger partial charge in [-0.1, -0.05) is 6.92 Å². The van der Waals surface area contributed by atoms with E-state index in [2.05, 4.69) is 4.90 Å². The number of carbonyl (C=O) groups is 2. The van der Waals surface area contributed by atoms with Gasteiger partial charge in [0.15, 0.2) is 11.5 Å². The lowest BCUT2D eigenvalue weighted by atomic mass is 9.80. The maximum atomic E-state index is 12.3. The Morgan fingerprint density at radius 2 is 1.96 bits per heavy atom. The maximum absolute atomic E-state index is 12.3. The molecule has 5 heterocycles. The van der Waals surface area contributed by atoms with E-state index in [9.17, 15) is 9.59 Å². The van der Waals surface area contributed by atoms with E-state index in [1.165, 1.54) is 0 Å². The van der Waals surface area contributed by atoms with Crippen molar-refractivity contribution < 1.29 is 23.8 Å². The van der Waals surface area contributed by atoms with Gasteiger partial charge in [0, 0.05) is 19.0 Å². The summed E-state index contributed by atoms with van der Waals surface area (Å²) >= 11 is 0. The normalized spacial score (nSPS) is 53.8. The molecule has 5 fully saturated rings. The van der Waals surface area contributed by atoms with Crippen molar-refractivity contribution >= 4 is 11.8 Å². The highest BCUT2D eigenvalue weighted by Gasteiger charge is 2.71. The lowest BCUT2D eigenvalue weighted by Gasteiger charge is -2.49. The van der Waals surface area contributed by atoms with Crippen LogP contribution in [-0.4, -0.2) is 58.9 Å². The molecule has 24 heavy (non-hydrogen) atoms. The molecular formula is C18H25NO5. The molecular weight excluding hydrogens is 310 g/mol. The molecule has 0 radical (unpaired) electrons. The van der Waals surface area contributed by atoms with Crippen molar-refractivity contribution in [3.63, 3.8) is 0 Å². The fourth-order valence-corrected chi connectivity index (χ4v) is 5.82. The molecule has 6 heteroatoms. The molecule has 0 aromatic carbocycles. The van der Waals surface area contributed by atoms with Gasteiger partial charge in [-0.05, 0) is 39.0 Å². The zero-order valence-corrected chi connectivity index (χ0v) is 14.3. The van der Waals surface area contributed by atoms with Crippen molar-refractivity contribution in [2.45, 2.75) is 88.1 Å². The summed E-state index contributed by atoms with van der Waals surface area (Å²) in [7, 11) is 0. The Labute approximate surface area is 141 Å². The number of nitrogens with zero attached hydrogens (tertiary/aromatic N) is 1. The number of hydrogen-bond donors (Lipinski definition) is 0. The Hall–Kier alpha value is -0.980. The van der Waals surface area contributed by atoms with Crippen LogP contribution in [0.2, 0.25) is 0 Å². The van der Waals surface area contributed by atoms with Crippen LogP contribution in [0.25, 0.3) is 0 Å². The average Bonchev–Trinajstić information content (AvgIpc) is 3.20. The van der Waals surface area contributed by atoms with E-state index in [1.807, 2.05) is 13.8 Å². The predicted molar refractivity (Wildman–Crippen MR) is 83.1 cm³/mol. The largest absolute Gasteiger partial charge is 0.460 e. The fourth-order valence-electron chi connectivity index (χ4n) is 5.82. The summed E-state index contributed by atoms with van der Waals surface area (Å²) in [5, 5.41) is 0. The van der Waals surface area contributed by atoms with Gasteiger partial charge >= 0.3 is 5.97 Å². The van der Waals surface area contributed by atoms with Gasteiger partial charge in [0.05, 0.1) is 12.0 Å². The van der Waals surface area contributed by atoms with Crippen molar-refractivity contribution in [3.05, 3.63) is 0 Å². The molecule has 132 valence electrons. The van der Waals surface area contributed by atoms with Crippen LogP contribution in [-0.2, 0) is 23.8 Å². The highest BCUT2D eigenvalue weighted by Crippen LogP contribution is 2.58. The summed E-state index contributed by atoms with van der Waals surface area (Å²) in [4.78, 5) is 26.5. The molecule has 0 N–H and O–H groups in total. The van der Waals surface area contributed by atoms with Crippen LogP contribution in [0.5, 0.6) is 0 Å². The topological polar surface area (TPSA) is 65.1 Å². The number of ketones is 1. The van der Waals surface area contributed by atoms with Gasteiger partial charge in [-0.3, -0.25) is 14.5 Å². The number of esters is 1. The van der Waals surface area contributed by atoms with Crippen LogP contribution in [0.3, 0.4) is 0 Å². The molecule has 7 unspecified atom stereocenters. The third-order valence-electron chi connectivity index (χ3n) is 6.99. The summed E-state index contributed by atoms with van der Waals surface area (Å²) in [6.07, 6.45) is 4.66. The second-order valence-electron chi connectivity index (χ2n) is 8.33. The highest BCUT2D eigenvalue weighted by molar-refractivity contribution is 5.86. The molecule has 0 amide bonds. The van der Waals surface area contributed by atoms with Gasteiger partial charge in [0.25, 0.3) is 0 Å². The quantitative estimate of drug-likeness (QED) is 0.675. The smallest absolute Gasteiger partial charge is 0.309 e. The van der Waals surface area contributed by atoms with Crippen LogP contribution in [0.15, 0.2) is 0 Å². The first-order valence-electron chi connectivity index (χ1n) is 9.30. The Kier molecular flexibility index (Phi) is 3.06. The summed E-state index contributed by atoms with van der Waals surface area (Å²) in [6, 6.07) is 0.188. The van der Waals surface area contributed by atoms with Crippen LogP contribution in [0.1, 0.15) is 52.4 Å². The minimum Gasteiger partial charge on any atom is -0.460 e. The monoisotopic (exact) mass is 335 g/mol. The average molecular weight is 335 g/mol. The molecule has 5 aliphatic rings. The van der Waals surface area contributed by atoms with Gasteiger partial charge in [0.2, 0.25) is 0 Å². The molecule has 6 nitrogen and oxygen atoms in total. The number of carbonyl (C=O) groups excluding carboxylic acids is 2. The van der Waals surface area contributed by atoms with E-state index in [1.54, 1.807) is 0 Å². The Balaban J connectivity index is 1.48. The summed E-state index contributed by atoms with van der Waals surface area (Å²) in [5.74, 6) is 0.0787. The van der Waals surface area contributed by atoms with E-state index in [-0.39, 0.29) is 42.0 Å². The van der Waals surface area contributed by atoms with E-state index in [0.29, 0.717) is 6.42 Å². The van der Waals surface area contributed by atoms with Crippen molar-refractivity contribution in [3.8, 4) is 0 Å². The SMILES string of the molecule is CC1CC(C2CCC34OC(CCC35CC(=O)C(C)O5)CN24)OC1=O. The third kappa shape index (κ3) is 1.77. The molecule has 2 bridgehead atoms. The highest BCUT2D eigenvalue weighted by atomic mass is 16.6. The fraction of sp³-hybridized carbons (Fsp3) is 0.889. The van der Waals surface area contributed by atoms with Crippen molar-refractivity contribution in [1.29, 1.82) is 0 Å². The van der Waals surface area contributed by atoms with Gasteiger partial charge < -0.3 is 14.2 Å². The number of Topliss-reactive ketones (excluding diaryl/α,β-unsaturated/α-hetero) is 1. The summed E-state index contributed by atoms with van der Waals surface area (Å²) < 4.78 is 18.4. The molecule has 5 aliphatic heterocycles. The molecule has 0 aromatic heterocycles. The number of cyclic esters (lactones) is 1. The first-order chi connectivity index (χ1) is 11.4. The molecule has 0 aromatic rings. The number of fused-ring (bicyclic) bond motifs is 1. The van der Waals surface area contributed by atoms with Crippen molar-refractivity contribution in [2.24, 2.45) is 5.92 Å². The summed E-state index contributed by atoms with van der Waals surface area (Å²) in [6.45, 7) is 4.65. The van der Waals surface area contributed by atoms with E-state index < -0.39 is 11.3 Å². The van der Waals surface area contributed by atoms with E-state index in [4.69, 9.17) is 14.2 Å². The van der Waals surface area contributed by atoms with Gasteiger partial charge in [-0.2, -0.15) is 0 Å². The third-order valence-corrected chi connectivity index (χ3v) is 6.99. The molecule has 5 saturated heterocycles. The van der Waals surface area contributed by atoms with Crippen LogP contribution in [0, 0.1) is 5.92 Å². The predicted octanol–water partition coefficient (Wildman–Crippen LogP) is 1.41. The molecule has 0 aliphatic carbocycles. The summed E-state index contributed by atoms with van der Waals surface area (Å²) in [5.41, 5.74) is -1.02. The zero-order chi connectivity index (χ0) is 16.7. The van der Waals surface area contributed by atoms with Crippen LogP contribution >= 0.6 is 0 Å². The second-order valence-corrected chi connectivity index (χ2v) is 8.33. The first-order valence-corrected chi connectivity index (χ1v) is 9.30. The Morgan fingerprint density at radius 3 is 2.62 bits per heavy atom. The minimum atomic E-state index is -0.514. The lowest BCUT2D eigenvalue weighted by molar-refractivity contribution is -0.257. The minimum absolute atomic E-state index is 0.0206. The van der Waals surface area contributed by atoms with Crippen molar-refractivity contribution in [1.82, 2.24) is 4.90 Å². The van der Waals surface area contributed by atoms with Gasteiger partial charge in [0.1, 0.15) is 17.8 Å². The van der Waals surface area contributed by atoms with Crippen LogP contribution in [0.4, 0.5) is 0 Å². The molecule has 0 saturated carbocycles. The number of hydrogen-bond acceptors (Lipinski definition) is 6. The van der Waals surface area contributed by atoms with Crippen molar-refractivity contribution in [2.75, 3.05) is 6.54 Å². The Bertz CT molecular complexity index is 608. The maximum Gasteiger partial charge on any atom is 0.309 e. The zero-order valence-electron chi connectivity index (χ0n) is 14.3. The molecule has 5 rings (SSSR count). The lowest BCUT2D eigenvalue weighted by Crippen LogP contribution is -2.62. The van der Waals surface area contributed by atoms with Gasteiger partial charge in [-0.25, -0.2) is 0 Å².